The summed E-state index contributed by atoms with van der Waals surface area (Å²) in [6.45, 7) is 3.08. The van der Waals surface area contributed by atoms with E-state index in [1.807, 2.05) is 31.2 Å². The highest BCUT2D eigenvalue weighted by molar-refractivity contribution is 5.94. The topological polar surface area (TPSA) is 91.0 Å². The minimum atomic E-state index is -0.199. The number of rotatable bonds is 4. The number of pyridine rings is 1. The number of benzene rings is 1. The predicted molar refractivity (Wildman–Crippen MR) is 106 cm³/mol. The van der Waals surface area contributed by atoms with Crippen molar-refractivity contribution in [1.29, 1.82) is 0 Å². The number of nitrogens with zero attached hydrogens (tertiary/aromatic N) is 3. The van der Waals surface area contributed by atoms with Crippen molar-refractivity contribution in [3.63, 3.8) is 0 Å². The van der Waals surface area contributed by atoms with Crippen LogP contribution >= 0.6 is 0 Å². The summed E-state index contributed by atoms with van der Waals surface area (Å²) in [4.78, 5) is 38.8. The molecule has 7 heteroatoms. The van der Waals surface area contributed by atoms with Crippen LogP contribution in [0.4, 0.5) is 0 Å². The third kappa shape index (κ3) is 3.74. The summed E-state index contributed by atoms with van der Waals surface area (Å²) in [7, 11) is 0. The largest absolute Gasteiger partial charge is 0.346 e. The first-order valence-corrected chi connectivity index (χ1v) is 9.56. The fourth-order valence-corrected chi connectivity index (χ4v) is 3.59. The first-order chi connectivity index (χ1) is 13.6. The Morgan fingerprint density at radius 3 is 2.68 bits per heavy atom. The molecule has 0 unspecified atom stereocenters. The Labute approximate surface area is 163 Å². The fourth-order valence-electron chi connectivity index (χ4n) is 3.59. The van der Waals surface area contributed by atoms with Gasteiger partial charge in [0.2, 0.25) is 5.91 Å². The van der Waals surface area contributed by atoms with Gasteiger partial charge in [-0.15, -0.1) is 0 Å². The summed E-state index contributed by atoms with van der Waals surface area (Å²) in [6, 6.07) is 11.1. The maximum Gasteiger partial charge on any atom is 0.255 e. The van der Waals surface area contributed by atoms with Gasteiger partial charge in [-0.2, -0.15) is 0 Å². The third-order valence-electron chi connectivity index (χ3n) is 5.24. The quantitative estimate of drug-likeness (QED) is 0.731. The Kier molecular flexibility index (Phi) is 5.06. The molecule has 0 aliphatic carbocycles. The standard InChI is InChI=1S/C21H23N5O2/c1-14(19-24-17-6-2-3-7-18(17)25-19)23-20(27)15-8-11-26(12-9-15)21(28)16-5-4-10-22-13-16/h2-7,10,13-15H,8-9,11-12H2,1H3,(H,23,27)(H,24,25)/t14-/m0/s1. The van der Waals surface area contributed by atoms with Gasteiger partial charge in [-0.1, -0.05) is 12.1 Å². The normalized spacial score (nSPS) is 16.1. The lowest BCUT2D eigenvalue weighted by atomic mass is 9.95. The average molecular weight is 377 g/mol. The van der Waals surface area contributed by atoms with Crippen LogP contribution in [0.1, 0.15) is 42.0 Å². The molecule has 0 saturated carbocycles. The van der Waals surface area contributed by atoms with Gasteiger partial charge < -0.3 is 15.2 Å². The molecule has 0 radical (unpaired) electrons. The van der Waals surface area contributed by atoms with Crippen molar-refractivity contribution in [3.05, 3.63) is 60.2 Å². The van der Waals surface area contributed by atoms with E-state index >= 15 is 0 Å². The predicted octanol–water partition coefficient (Wildman–Crippen LogP) is 2.69. The number of nitrogens with one attached hydrogen (secondary N) is 2. The number of aromatic nitrogens is 3. The number of amides is 2. The molecule has 2 aromatic heterocycles. The number of carbonyl (C=O) groups is 2. The number of para-hydroxylation sites is 2. The van der Waals surface area contributed by atoms with Crippen LogP contribution in [0.15, 0.2) is 48.8 Å². The molecule has 1 saturated heterocycles. The van der Waals surface area contributed by atoms with Crippen LogP contribution in [-0.4, -0.2) is 44.8 Å². The molecule has 7 nitrogen and oxygen atoms in total. The Morgan fingerprint density at radius 2 is 1.96 bits per heavy atom. The highest BCUT2D eigenvalue weighted by Crippen LogP contribution is 2.21. The Balaban J connectivity index is 1.33. The lowest BCUT2D eigenvalue weighted by molar-refractivity contribution is -0.127. The van der Waals surface area contributed by atoms with Gasteiger partial charge in [-0.25, -0.2) is 4.98 Å². The Morgan fingerprint density at radius 1 is 1.18 bits per heavy atom. The van der Waals surface area contributed by atoms with Gasteiger partial charge in [0, 0.05) is 31.4 Å². The molecule has 0 spiro atoms. The number of carbonyl (C=O) groups excluding carboxylic acids is 2. The Bertz CT molecular complexity index is 944. The molecule has 1 fully saturated rings. The summed E-state index contributed by atoms with van der Waals surface area (Å²) >= 11 is 0. The maximum absolute atomic E-state index is 12.7. The highest BCUT2D eigenvalue weighted by Gasteiger charge is 2.29. The summed E-state index contributed by atoms with van der Waals surface area (Å²) in [5.41, 5.74) is 2.44. The van der Waals surface area contributed by atoms with Gasteiger partial charge in [0.25, 0.3) is 5.91 Å². The number of aromatic amines is 1. The van der Waals surface area contributed by atoms with E-state index < -0.39 is 0 Å². The fraction of sp³-hybridized carbons (Fsp3) is 0.333. The van der Waals surface area contributed by atoms with Crippen LogP contribution in [0.25, 0.3) is 11.0 Å². The van der Waals surface area contributed by atoms with Crippen molar-refractivity contribution in [2.24, 2.45) is 5.92 Å². The summed E-state index contributed by atoms with van der Waals surface area (Å²) in [5, 5.41) is 3.06. The van der Waals surface area contributed by atoms with Crippen molar-refractivity contribution in [3.8, 4) is 0 Å². The van der Waals surface area contributed by atoms with E-state index in [4.69, 9.17) is 0 Å². The second-order valence-electron chi connectivity index (χ2n) is 7.18. The van der Waals surface area contributed by atoms with Crippen LogP contribution in [-0.2, 0) is 4.79 Å². The smallest absolute Gasteiger partial charge is 0.255 e. The van der Waals surface area contributed by atoms with Crippen LogP contribution in [0.5, 0.6) is 0 Å². The molecular weight excluding hydrogens is 354 g/mol. The van der Waals surface area contributed by atoms with Crippen molar-refractivity contribution >= 4 is 22.8 Å². The van der Waals surface area contributed by atoms with Gasteiger partial charge in [0.05, 0.1) is 22.6 Å². The van der Waals surface area contributed by atoms with Crippen molar-refractivity contribution < 1.29 is 9.59 Å². The molecule has 2 N–H and O–H groups in total. The molecule has 3 heterocycles. The van der Waals surface area contributed by atoms with E-state index in [9.17, 15) is 9.59 Å². The molecule has 1 aliphatic heterocycles. The SMILES string of the molecule is C[C@H](NC(=O)C1CCN(C(=O)c2cccnc2)CC1)c1nc2ccccc2[nH]1. The molecule has 1 aromatic carbocycles. The van der Waals surface area contributed by atoms with Crippen LogP contribution < -0.4 is 5.32 Å². The van der Waals surface area contributed by atoms with E-state index in [-0.39, 0.29) is 23.8 Å². The summed E-state index contributed by atoms with van der Waals surface area (Å²) in [5.74, 6) is 0.646. The average Bonchev–Trinajstić information content (AvgIpc) is 3.18. The van der Waals surface area contributed by atoms with Crippen LogP contribution in [0.3, 0.4) is 0 Å². The van der Waals surface area contributed by atoms with Crippen LogP contribution in [0.2, 0.25) is 0 Å². The monoisotopic (exact) mass is 377 g/mol. The summed E-state index contributed by atoms with van der Waals surface area (Å²) < 4.78 is 0. The van der Waals surface area contributed by atoms with Crippen molar-refractivity contribution in [2.45, 2.75) is 25.8 Å². The molecule has 1 atom stereocenters. The lowest BCUT2D eigenvalue weighted by Crippen LogP contribution is -2.43. The van der Waals surface area contributed by atoms with Gasteiger partial charge >= 0.3 is 0 Å². The number of imidazole rings is 1. The van der Waals surface area contributed by atoms with E-state index in [0.29, 0.717) is 31.5 Å². The van der Waals surface area contributed by atoms with Crippen LogP contribution in [0, 0.1) is 5.92 Å². The Hall–Kier alpha value is -3.22. The molecular formula is C21H23N5O2. The zero-order valence-corrected chi connectivity index (χ0v) is 15.8. The molecule has 0 bridgehead atoms. The first-order valence-electron chi connectivity index (χ1n) is 9.56. The molecule has 1 aliphatic rings. The summed E-state index contributed by atoms with van der Waals surface area (Å²) in [6.07, 6.45) is 4.54. The van der Waals surface area contributed by atoms with Gasteiger partial charge in [-0.05, 0) is 44.0 Å². The van der Waals surface area contributed by atoms with E-state index in [1.54, 1.807) is 29.4 Å². The zero-order valence-electron chi connectivity index (χ0n) is 15.8. The van der Waals surface area contributed by atoms with Gasteiger partial charge in [0.15, 0.2) is 0 Å². The molecule has 28 heavy (non-hydrogen) atoms. The van der Waals surface area contributed by atoms with E-state index in [0.717, 1.165) is 16.9 Å². The van der Waals surface area contributed by atoms with Crippen molar-refractivity contribution in [2.75, 3.05) is 13.1 Å². The second kappa shape index (κ2) is 7.80. The van der Waals surface area contributed by atoms with E-state index in [1.165, 1.54) is 0 Å². The number of piperidine rings is 1. The molecule has 4 rings (SSSR count). The molecule has 144 valence electrons. The second-order valence-corrected chi connectivity index (χ2v) is 7.18. The van der Waals surface area contributed by atoms with E-state index in [2.05, 4.69) is 20.3 Å². The number of likely N-dealkylation sites (tertiary alicyclic amines) is 1. The van der Waals surface area contributed by atoms with Gasteiger partial charge in [-0.3, -0.25) is 14.6 Å². The number of fused-ring (bicyclic) bond motifs is 1. The zero-order chi connectivity index (χ0) is 19.5. The molecule has 3 aromatic rings. The highest BCUT2D eigenvalue weighted by atomic mass is 16.2. The number of H-pyrrole nitrogens is 1. The first kappa shape index (κ1) is 18.2. The van der Waals surface area contributed by atoms with Gasteiger partial charge in [0.1, 0.15) is 5.82 Å². The minimum absolute atomic E-state index is 0.0152. The number of hydrogen-bond donors (Lipinski definition) is 2. The third-order valence-corrected chi connectivity index (χ3v) is 5.24. The van der Waals surface area contributed by atoms with Crippen molar-refractivity contribution in [1.82, 2.24) is 25.2 Å². The molecule has 2 amide bonds. The minimum Gasteiger partial charge on any atom is -0.346 e. The number of hydrogen-bond acceptors (Lipinski definition) is 4. The lowest BCUT2D eigenvalue weighted by Gasteiger charge is -2.31. The maximum atomic E-state index is 12.7.